The fourth-order valence-corrected chi connectivity index (χ4v) is 2.65. The number of hydrogen-bond acceptors (Lipinski definition) is 3. The smallest absolute Gasteiger partial charge is 0.320 e. The van der Waals surface area contributed by atoms with E-state index >= 15 is 0 Å². The van der Waals surface area contributed by atoms with Crippen molar-refractivity contribution >= 4 is 5.97 Å². The van der Waals surface area contributed by atoms with Crippen molar-refractivity contribution in [3.8, 4) is 0 Å². The molecule has 0 radical (unpaired) electrons. The van der Waals surface area contributed by atoms with Crippen molar-refractivity contribution in [2.24, 2.45) is 11.7 Å². The summed E-state index contributed by atoms with van der Waals surface area (Å²) in [7, 11) is 0. The molecule has 4 nitrogen and oxygen atoms in total. The van der Waals surface area contributed by atoms with Gasteiger partial charge in [-0.1, -0.05) is 12.8 Å². The van der Waals surface area contributed by atoms with Crippen LogP contribution in [0.25, 0.3) is 0 Å². The second-order valence-corrected chi connectivity index (χ2v) is 4.53. The fraction of sp³-hybridized carbons (Fsp3) is 0.727. The Hall–Kier alpha value is -1.03. The highest BCUT2D eigenvalue weighted by molar-refractivity contribution is 5.73. The average molecular weight is 210 g/mol. The highest BCUT2D eigenvalue weighted by Crippen LogP contribution is 2.35. The lowest BCUT2D eigenvalue weighted by Gasteiger charge is -2.27. The molecule has 2 rings (SSSR count). The number of aliphatic carboxylic acids is 1. The number of carboxylic acid groups (broad SMARTS) is 1. The average Bonchev–Trinajstić information content (AvgIpc) is 2.62. The summed E-state index contributed by atoms with van der Waals surface area (Å²) in [4.78, 5) is 10.7. The number of nitrogens with one attached hydrogen (secondary N) is 1. The van der Waals surface area contributed by atoms with E-state index in [0.717, 1.165) is 0 Å². The molecule has 3 unspecified atom stereocenters. The third-order valence-corrected chi connectivity index (χ3v) is 3.50. The highest BCUT2D eigenvalue weighted by atomic mass is 16.4. The van der Waals surface area contributed by atoms with Gasteiger partial charge in [0.05, 0.1) is 0 Å². The normalized spacial score (nSPS) is 31.4. The molecule has 15 heavy (non-hydrogen) atoms. The number of hydrogen-bond donors (Lipinski definition) is 3. The van der Waals surface area contributed by atoms with Crippen molar-refractivity contribution in [3.05, 3.63) is 11.8 Å². The lowest BCUT2D eigenvalue weighted by Crippen LogP contribution is -2.34. The standard InChI is InChI=1S/C11H18N2O2/c12-9(11(14)15)5-7-6-13-10-4-2-1-3-8(7)10/h6,8-10,13H,1-5,12H2,(H,14,15). The lowest BCUT2D eigenvalue weighted by molar-refractivity contribution is -0.138. The van der Waals surface area contributed by atoms with E-state index in [2.05, 4.69) is 5.32 Å². The molecular weight excluding hydrogens is 192 g/mol. The van der Waals surface area contributed by atoms with Gasteiger partial charge >= 0.3 is 5.97 Å². The minimum absolute atomic E-state index is 0.490. The largest absolute Gasteiger partial charge is 0.480 e. The van der Waals surface area contributed by atoms with Crippen LogP contribution in [0.4, 0.5) is 0 Å². The summed E-state index contributed by atoms with van der Waals surface area (Å²) in [5.74, 6) is -0.376. The number of nitrogens with two attached hydrogens (primary N) is 1. The Balaban J connectivity index is 1.95. The van der Waals surface area contributed by atoms with Gasteiger partial charge in [-0.3, -0.25) is 4.79 Å². The van der Waals surface area contributed by atoms with Gasteiger partial charge in [-0.2, -0.15) is 0 Å². The predicted octanol–water partition coefficient (Wildman–Crippen LogP) is 0.834. The Morgan fingerprint density at radius 1 is 1.60 bits per heavy atom. The minimum atomic E-state index is -0.907. The molecule has 2 aliphatic rings. The van der Waals surface area contributed by atoms with Gasteiger partial charge in [-0.15, -0.1) is 0 Å². The van der Waals surface area contributed by atoms with Gasteiger partial charge in [0.1, 0.15) is 6.04 Å². The van der Waals surface area contributed by atoms with Gasteiger partial charge in [-0.25, -0.2) is 0 Å². The van der Waals surface area contributed by atoms with Crippen LogP contribution in [0.3, 0.4) is 0 Å². The molecular formula is C11H18N2O2. The molecule has 1 aliphatic heterocycles. The Labute approximate surface area is 89.5 Å². The molecule has 3 atom stereocenters. The van der Waals surface area contributed by atoms with E-state index in [1.54, 1.807) is 0 Å². The molecule has 0 amide bonds. The van der Waals surface area contributed by atoms with Crippen LogP contribution in [0, 0.1) is 5.92 Å². The summed E-state index contributed by atoms with van der Waals surface area (Å²) in [5.41, 5.74) is 6.75. The fourth-order valence-electron chi connectivity index (χ4n) is 2.65. The second kappa shape index (κ2) is 4.23. The summed E-state index contributed by atoms with van der Waals surface area (Å²) in [6, 6.07) is -0.214. The van der Waals surface area contributed by atoms with Crippen LogP contribution in [0.1, 0.15) is 32.1 Å². The topological polar surface area (TPSA) is 75.3 Å². The molecule has 1 aliphatic carbocycles. The molecule has 0 bridgehead atoms. The molecule has 1 fully saturated rings. The van der Waals surface area contributed by atoms with E-state index in [1.165, 1.54) is 31.3 Å². The maximum atomic E-state index is 10.7. The Bertz CT molecular complexity index is 288. The van der Waals surface area contributed by atoms with Crippen molar-refractivity contribution in [1.29, 1.82) is 0 Å². The van der Waals surface area contributed by atoms with E-state index in [4.69, 9.17) is 10.8 Å². The molecule has 0 aromatic rings. The van der Waals surface area contributed by atoms with Crippen molar-refractivity contribution in [1.82, 2.24) is 5.32 Å². The third kappa shape index (κ3) is 2.15. The van der Waals surface area contributed by atoms with Crippen LogP contribution in [-0.4, -0.2) is 23.2 Å². The predicted molar refractivity (Wildman–Crippen MR) is 57.2 cm³/mol. The zero-order chi connectivity index (χ0) is 10.8. The van der Waals surface area contributed by atoms with Gasteiger partial charge in [0, 0.05) is 12.0 Å². The van der Waals surface area contributed by atoms with E-state index in [0.29, 0.717) is 18.4 Å². The van der Waals surface area contributed by atoms with Gasteiger partial charge in [0.2, 0.25) is 0 Å². The molecule has 4 N–H and O–H groups in total. The SMILES string of the molecule is NC(CC1=CNC2CCCCC12)C(=O)O. The van der Waals surface area contributed by atoms with Crippen LogP contribution in [0.2, 0.25) is 0 Å². The quantitative estimate of drug-likeness (QED) is 0.645. The van der Waals surface area contributed by atoms with Gasteiger partial charge in [-0.05, 0) is 31.0 Å². The summed E-state index contributed by atoms with van der Waals surface area (Å²) in [6.45, 7) is 0. The third-order valence-electron chi connectivity index (χ3n) is 3.50. The van der Waals surface area contributed by atoms with Gasteiger partial charge in [0.25, 0.3) is 0 Å². The van der Waals surface area contributed by atoms with Gasteiger partial charge < -0.3 is 16.2 Å². The van der Waals surface area contributed by atoms with E-state index in [-0.39, 0.29) is 0 Å². The van der Waals surface area contributed by atoms with E-state index in [9.17, 15) is 4.79 Å². The molecule has 0 spiro atoms. The summed E-state index contributed by atoms with van der Waals surface area (Å²) in [6.07, 6.45) is 7.39. The Kier molecular flexibility index (Phi) is 2.95. The molecule has 84 valence electrons. The second-order valence-electron chi connectivity index (χ2n) is 4.53. The summed E-state index contributed by atoms with van der Waals surface area (Å²) >= 11 is 0. The molecule has 0 aromatic heterocycles. The maximum Gasteiger partial charge on any atom is 0.320 e. The number of carboxylic acids is 1. The summed E-state index contributed by atoms with van der Waals surface area (Å²) in [5, 5.41) is 12.1. The van der Waals surface area contributed by atoms with Gasteiger partial charge in [0.15, 0.2) is 0 Å². The zero-order valence-electron chi connectivity index (χ0n) is 8.78. The van der Waals surface area contributed by atoms with Crippen molar-refractivity contribution < 1.29 is 9.90 Å². The number of fused-ring (bicyclic) bond motifs is 1. The monoisotopic (exact) mass is 210 g/mol. The van der Waals surface area contributed by atoms with Crippen LogP contribution < -0.4 is 11.1 Å². The first kappa shape index (κ1) is 10.5. The first-order valence-corrected chi connectivity index (χ1v) is 5.62. The van der Waals surface area contributed by atoms with Crippen LogP contribution in [0.15, 0.2) is 11.8 Å². The lowest BCUT2D eigenvalue weighted by atomic mass is 9.80. The Morgan fingerprint density at radius 2 is 2.33 bits per heavy atom. The van der Waals surface area contributed by atoms with Crippen molar-refractivity contribution in [3.63, 3.8) is 0 Å². The van der Waals surface area contributed by atoms with Crippen molar-refractivity contribution in [2.45, 2.75) is 44.2 Å². The van der Waals surface area contributed by atoms with E-state index < -0.39 is 12.0 Å². The molecule has 0 aromatic carbocycles. The number of carbonyl (C=O) groups is 1. The van der Waals surface area contributed by atoms with E-state index in [1.807, 2.05) is 6.20 Å². The van der Waals surface area contributed by atoms with Crippen LogP contribution >= 0.6 is 0 Å². The first-order valence-electron chi connectivity index (χ1n) is 5.62. The van der Waals surface area contributed by atoms with Crippen molar-refractivity contribution in [2.75, 3.05) is 0 Å². The maximum absolute atomic E-state index is 10.7. The molecule has 1 heterocycles. The summed E-state index contributed by atoms with van der Waals surface area (Å²) < 4.78 is 0. The molecule has 1 saturated carbocycles. The van der Waals surface area contributed by atoms with Crippen LogP contribution in [-0.2, 0) is 4.79 Å². The highest BCUT2D eigenvalue weighted by Gasteiger charge is 2.32. The zero-order valence-corrected chi connectivity index (χ0v) is 8.78. The van der Waals surface area contributed by atoms with Crippen LogP contribution in [0.5, 0.6) is 0 Å². The first-order chi connectivity index (χ1) is 7.18. The number of rotatable bonds is 3. The molecule has 4 heteroatoms. The molecule has 0 saturated heterocycles. The Morgan fingerprint density at radius 3 is 3.07 bits per heavy atom. The minimum Gasteiger partial charge on any atom is -0.480 e.